The lowest BCUT2D eigenvalue weighted by Gasteiger charge is -2.04. The third kappa shape index (κ3) is 3.72. The zero-order valence-electron chi connectivity index (χ0n) is 15.0. The standard InChI is InChI=1S/C21H16N2O3S2/c1-26-15-9-7-14(8-10-15)17(24)12-28-21-22-19(25)18-16(11-27-20(18)23-21)13-5-3-2-4-6-13/h2-11H,12H2,1H3,(H,22,23,25). The number of Topliss-reactive ketones (excluding diaryl/α,β-unsaturated/α-hetero) is 1. The zero-order valence-corrected chi connectivity index (χ0v) is 16.6. The van der Waals surface area contributed by atoms with Gasteiger partial charge in [0.05, 0.1) is 18.2 Å². The molecule has 2 aromatic heterocycles. The molecule has 1 N–H and O–H groups in total. The van der Waals surface area contributed by atoms with Crippen LogP contribution in [0.5, 0.6) is 5.75 Å². The number of benzene rings is 2. The fourth-order valence-corrected chi connectivity index (χ4v) is 4.58. The lowest BCUT2D eigenvalue weighted by atomic mass is 10.1. The van der Waals surface area contributed by atoms with Gasteiger partial charge in [-0.1, -0.05) is 42.1 Å². The topological polar surface area (TPSA) is 72.0 Å². The number of hydrogen-bond donors (Lipinski definition) is 1. The van der Waals surface area contributed by atoms with Gasteiger partial charge in [-0.15, -0.1) is 11.3 Å². The molecule has 4 rings (SSSR count). The van der Waals surface area contributed by atoms with Crippen LogP contribution in [-0.2, 0) is 0 Å². The summed E-state index contributed by atoms with van der Waals surface area (Å²) in [6, 6.07) is 16.7. The summed E-state index contributed by atoms with van der Waals surface area (Å²) in [5, 5.41) is 2.97. The number of fused-ring (bicyclic) bond motifs is 1. The second kappa shape index (κ2) is 8.00. The monoisotopic (exact) mass is 408 g/mol. The van der Waals surface area contributed by atoms with E-state index in [4.69, 9.17) is 4.74 Å². The Morgan fingerprint density at radius 3 is 2.61 bits per heavy atom. The quantitative estimate of drug-likeness (QED) is 0.286. The predicted octanol–water partition coefficient (Wildman–Crippen LogP) is 4.64. The average molecular weight is 409 g/mol. The number of ether oxygens (including phenoxy) is 1. The summed E-state index contributed by atoms with van der Waals surface area (Å²) in [5.41, 5.74) is 2.26. The Kier molecular flexibility index (Phi) is 5.27. The summed E-state index contributed by atoms with van der Waals surface area (Å²) < 4.78 is 5.10. The van der Waals surface area contributed by atoms with Crippen LogP contribution in [0.4, 0.5) is 0 Å². The summed E-state index contributed by atoms with van der Waals surface area (Å²) in [4.78, 5) is 33.0. The molecule has 140 valence electrons. The van der Waals surface area contributed by atoms with Crippen molar-refractivity contribution in [1.82, 2.24) is 9.97 Å². The van der Waals surface area contributed by atoms with Crippen molar-refractivity contribution in [2.24, 2.45) is 0 Å². The van der Waals surface area contributed by atoms with E-state index in [1.807, 2.05) is 35.7 Å². The molecule has 0 bridgehead atoms. The number of thiophene rings is 1. The molecule has 0 aliphatic rings. The van der Waals surface area contributed by atoms with Crippen LogP contribution in [0, 0.1) is 0 Å². The number of nitrogens with one attached hydrogen (secondary N) is 1. The summed E-state index contributed by atoms with van der Waals surface area (Å²) in [5.74, 6) is 0.858. The van der Waals surface area contributed by atoms with Gasteiger partial charge in [-0.2, -0.15) is 0 Å². The van der Waals surface area contributed by atoms with Crippen LogP contribution in [-0.4, -0.2) is 28.6 Å². The molecule has 0 aliphatic carbocycles. The van der Waals surface area contributed by atoms with Gasteiger partial charge in [0.25, 0.3) is 5.56 Å². The van der Waals surface area contributed by atoms with Crippen LogP contribution in [0.3, 0.4) is 0 Å². The molecule has 4 aromatic rings. The Labute approximate surface area is 169 Å². The molecule has 0 radical (unpaired) electrons. The van der Waals surface area contributed by atoms with E-state index in [1.54, 1.807) is 31.4 Å². The van der Waals surface area contributed by atoms with Gasteiger partial charge in [-0.25, -0.2) is 4.98 Å². The number of aromatic nitrogens is 2. The number of rotatable bonds is 6. The Bertz CT molecular complexity index is 1180. The molecule has 0 aliphatic heterocycles. The summed E-state index contributed by atoms with van der Waals surface area (Å²) >= 11 is 2.66. The smallest absolute Gasteiger partial charge is 0.260 e. The highest BCUT2D eigenvalue weighted by Crippen LogP contribution is 2.31. The molecular formula is C21H16N2O3S2. The number of methoxy groups -OCH3 is 1. The van der Waals surface area contributed by atoms with Gasteiger partial charge in [0.2, 0.25) is 0 Å². The number of nitrogens with zero attached hydrogens (tertiary/aromatic N) is 1. The molecule has 28 heavy (non-hydrogen) atoms. The van der Waals surface area contributed by atoms with Gasteiger partial charge in [-0.3, -0.25) is 9.59 Å². The molecular weight excluding hydrogens is 392 g/mol. The molecule has 0 saturated carbocycles. The Morgan fingerprint density at radius 1 is 1.14 bits per heavy atom. The fraction of sp³-hybridized carbons (Fsp3) is 0.0952. The molecule has 0 saturated heterocycles. The predicted molar refractivity (Wildman–Crippen MR) is 114 cm³/mol. The largest absolute Gasteiger partial charge is 0.497 e. The minimum atomic E-state index is -0.190. The minimum absolute atomic E-state index is 0.0356. The maximum absolute atomic E-state index is 12.6. The van der Waals surface area contributed by atoms with Crippen molar-refractivity contribution in [3.05, 3.63) is 75.9 Å². The second-order valence-electron chi connectivity index (χ2n) is 6.01. The summed E-state index contributed by atoms with van der Waals surface area (Å²) in [6.45, 7) is 0. The molecule has 0 spiro atoms. The molecule has 0 atom stereocenters. The number of carbonyl (C=O) groups excluding carboxylic acids is 1. The molecule has 5 nitrogen and oxygen atoms in total. The molecule has 0 fully saturated rings. The van der Waals surface area contributed by atoms with E-state index in [1.165, 1.54) is 23.1 Å². The van der Waals surface area contributed by atoms with Crippen molar-refractivity contribution in [3.8, 4) is 16.9 Å². The fourth-order valence-electron chi connectivity index (χ4n) is 2.82. The highest BCUT2D eigenvalue weighted by Gasteiger charge is 2.14. The summed E-state index contributed by atoms with van der Waals surface area (Å²) in [6.07, 6.45) is 0. The van der Waals surface area contributed by atoms with Crippen LogP contribution < -0.4 is 10.3 Å². The summed E-state index contributed by atoms with van der Waals surface area (Å²) in [7, 11) is 1.58. The van der Waals surface area contributed by atoms with Gasteiger partial charge in [0, 0.05) is 16.5 Å². The minimum Gasteiger partial charge on any atom is -0.497 e. The van der Waals surface area contributed by atoms with Crippen molar-refractivity contribution in [3.63, 3.8) is 0 Å². The number of ketones is 1. The van der Waals surface area contributed by atoms with Crippen LogP contribution in [0.1, 0.15) is 10.4 Å². The third-order valence-electron chi connectivity index (χ3n) is 4.26. The molecule has 2 aromatic carbocycles. The Hall–Kier alpha value is -2.90. The number of aromatic amines is 1. The first-order valence-electron chi connectivity index (χ1n) is 8.52. The molecule has 0 amide bonds. The van der Waals surface area contributed by atoms with Gasteiger partial charge in [0.1, 0.15) is 10.6 Å². The highest BCUT2D eigenvalue weighted by molar-refractivity contribution is 7.99. The van der Waals surface area contributed by atoms with Crippen LogP contribution in [0.2, 0.25) is 0 Å². The average Bonchev–Trinajstić information content (AvgIpc) is 3.17. The van der Waals surface area contributed by atoms with Crippen molar-refractivity contribution in [1.29, 1.82) is 0 Å². The second-order valence-corrected chi connectivity index (χ2v) is 7.83. The van der Waals surface area contributed by atoms with Gasteiger partial charge < -0.3 is 9.72 Å². The van der Waals surface area contributed by atoms with E-state index in [-0.39, 0.29) is 17.1 Å². The van der Waals surface area contributed by atoms with Crippen molar-refractivity contribution in [2.75, 3.05) is 12.9 Å². The lowest BCUT2D eigenvalue weighted by molar-refractivity contribution is 0.102. The Balaban J connectivity index is 1.55. The lowest BCUT2D eigenvalue weighted by Crippen LogP contribution is -2.10. The SMILES string of the molecule is COc1ccc(C(=O)CSc2nc3scc(-c4ccccc4)c3c(=O)[nH]2)cc1. The van der Waals surface area contributed by atoms with Gasteiger partial charge in [-0.05, 0) is 29.8 Å². The first-order chi connectivity index (χ1) is 13.7. The van der Waals surface area contributed by atoms with E-state index in [0.29, 0.717) is 26.7 Å². The Morgan fingerprint density at radius 2 is 1.89 bits per heavy atom. The molecule has 7 heteroatoms. The first kappa shape index (κ1) is 18.5. The highest BCUT2D eigenvalue weighted by atomic mass is 32.2. The van der Waals surface area contributed by atoms with Gasteiger partial charge in [0.15, 0.2) is 10.9 Å². The number of thioether (sulfide) groups is 1. The zero-order chi connectivity index (χ0) is 19.5. The van der Waals surface area contributed by atoms with Gasteiger partial charge >= 0.3 is 0 Å². The number of hydrogen-bond acceptors (Lipinski definition) is 6. The maximum atomic E-state index is 12.6. The maximum Gasteiger partial charge on any atom is 0.260 e. The van der Waals surface area contributed by atoms with Crippen molar-refractivity contribution in [2.45, 2.75) is 5.16 Å². The van der Waals surface area contributed by atoms with Crippen LogP contribution >= 0.6 is 23.1 Å². The van der Waals surface area contributed by atoms with Crippen LogP contribution in [0.25, 0.3) is 21.3 Å². The van der Waals surface area contributed by atoms with E-state index in [9.17, 15) is 9.59 Å². The van der Waals surface area contributed by atoms with E-state index >= 15 is 0 Å². The van der Waals surface area contributed by atoms with Crippen LogP contribution in [0.15, 0.2) is 69.9 Å². The number of carbonyl (C=O) groups is 1. The van der Waals surface area contributed by atoms with E-state index in [2.05, 4.69) is 9.97 Å². The number of H-pyrrole nitrogens is 1. The molecule has 2 heterocycles. The first-order valence-corrected chi connectivity index (χ1v) is 10.4. The molecule has 0 unspecified atom stereocenters. The van der Waals surface area contributed by atoms with E-state index in [0.717, 1.165) is 11.1 Å². The normalized spacial score (nSPS) is 10.9. The van der Waals surface area contributed by atoms with Crippen molar-refractivity contribution >= 4 is 39.1 Å². The third-order valence-corrected chi connectivity index (χ3v) is 6.00. The van der Waals surface area contributed by atoms with E-state index < -0.39 is 0 Å². The van der Waals surface area contributed by atoms with Crippen molar-refractivity contribution < 1.29 is 9.53 Å².